The summed E-state index contributed by atoms with van der Waals surface area (Å²) in [7, 11) is 2.03. The van der Waals surface area contributed by atoms with Crippen molar-refractivity contribution in [2.45, 2.75) is 77.3 Å². The monoisotopic (exact) mass is 423 g/mol. The van der Waals surface area contributed by atoms with Gasteiger partial charge in [-0.2, -0.15) is 0 Å². The summed E-state index contributed by atoms with van der Waals surface area (Å²) < 4.78 is 0. The summed E-state index contributed by atoms with van der Waals surface area (Å²) in [6.07, 6.45) is 8.81. The van der Waals surface area contributed by atoms with Gasteiger partial charge in [0.1, 0.15) is 0 Å². The van der Waals surface area contributed by atoms with Crippen LogP contribution in [-0.2, 0) is 4.79 Å². The molecule has 3 saturated carbocycles. The molecule has 31 heavy (non-hydrogen) atoms. The molecule has 2 N–H and O–H groups in total. The van der Waals surface area contributed by atoms with E-state index in [9.17, 15) is 9.59 Å². The quantitative estimate of drug-likeness (QED) is 0.700. The molecule has 1 aliphatic heterocycles. The molecule has 0 radical (unpaired) electrons. The Morgan fingerprint density at radius 1 is 0.968 bits per heavy atom. The second-order valence-electron chi connectivity index (χ2n) is 11.1. The molecule has 1 heterocycles. The number of piperidine rings is 1. The number of nitrogens with one attached hydrogen (secondary N) is 2. The fourth-order valence-corrected chi connectivity index (χ4v) is 8.23. The highest BCUT2D eigenvalue weighted by Crippen LogP contribution is 2.64. The molecule has 5 rings (SSSR count). The van der Waals surface area contributed by atoms with Crippen LogP contribution in [0.3, 0.4) is 0 Å². The number of carbonyl (C=O) groups is 2. The molecular weight excluding hydrogens is 386 g/mol. The Hall–Kier alpha value is -2.04. The summed E-state index contributed by atoms with van der Waals surface area (Å²) in [6.45, 7) is 4.90. The van der Waals surface area contributed by atoms with Gasteiger partial charge in [0.2, 0.25) is 5.91 Å². The Kier molecular flexibility index (Phi) is 5.06. The van der Waals surface area contributed by atoms with Gasteiger partial charge in [-0.05, 0) is 85.7 Å². The fraction of sp³-hybridized carbons (Fsp3) is 0.692. The van der Waals surface area contributed by atoms with Crippen molar-refractivity contribution in [2.24, 2.45) is 28.6 Å². The maximum absolute atomic E-state index is 12.7. The van der Waals surface area contributed by atoms with Gasteiger partial charge in [0.15, 0.2) is 0 Å². The smallest absolute Gasteiger partial charge is 0.319 e. The van der Waals surface area contributed by atoms with Gasteiger partial charge in [-0.15, -0.1) is 0 Å². The lowest BCUT2D eigenvalue weighted by molar-refractivity contribution is -0.157. The summed E-state index contributed by atoms with van der Waals surface area (Å²) in [6, 6.07) is 10.3. The Morgan fingerprint density at radius 2 is 1.71 bits per heavy atom. The SMILES string of the molecule is CN1C(=O)CC[C@@]2(C)C1CC[C@@H]1[C@H]2CC[C@]2(C)C(NC(=O)Nc3ccccc3)CC[C@@H]12. The number of hydrogen-bond donors (Lipinski definition) is 2. The molecule has 5 nitrogen and oxygen atoms in total. The molecule has 1 aromatic rings. The molecule has 1 aromatic carbocycles. The van der Waals surface area contributed by atoms with E-state index in [0.717, 1.165) is 30.9 Å². The van der Waals surface area contributed by atoms with E-state index in [1.165, 1.54) is 25.7 Å². The molecule has 0 bridgehead atoms. The first-order chi connectivity index (χ1) is 14.8. The molecule has 4 aliphatic rings. The van der Waals surface area contributed by atoms with E-state index in [1.807, 2.05) is 37.4 Å². The summed E-state index contributed by atoms with van der Waals surface area (Å²) in [5.41, 5.74) is 1.27. The minimum atomic E-state index is -0.0803. The fourth-order valence-electron chi connectivity index (χ4n) is 8.23. The van der Waals surface area contributed by atoms with Crippen LogP contribution < -0.4 is 10.6 Å². The van der Waals surface area contributed by atoms with E-state index in [0.29, 0.717) is 30.2 Å². The molecule has 5 heteroatoms. The zero-order valence-corrected chi connectivity index (χ0v) is 19.2. The summed E-state index contributed by atoms with van der Waals surface area (Å²) in [4.78, 5) is 27.1. The number of rotatable bonds is 2. The van der Waals surface area contributed by atoms with Crippen molar-refractivity contribution in [3.63, 3.8) is 0 Å². The highest BCUT2D eigenvalue weighted by Gasteiger charge is 2.61. The van der Waals surface area contributed by atoms with Crippen molar-refractivity contribution in [3.8, 4) is 0 Å². The maximum atomic E-state index is 12.7. The normalized spacial score (nSPS) is 41.7. The number of benzene rings is 1. The summed E-state index contributed by atoms with van der Waals surface area (Å²) in [5, 5.41) is 6.34. The first-order valence-corrected chi connectivity index (χ1v) is 12.2. The van der Waals surface area contributed by atoms with Crippen LogP contribution in [0, 0.1) is 28.6 Å². The minimum Gasteiger partial charge on any atom is -0.342 e. The second-order valence-corrected chi connectivity index (χ2v) is 11.1. The number of amides is 3. The van der Waals surface area contributed by atoms with E-state index in [1.54, 1.807) is 0 Å². The molecule has 7 atom stereocenters. The maximum Gasteiger partial charge on any atom is 0.319 e. The zero-order valence-electron chi connectivity index (χ0n) is 19.2. The van der Waals surface area contributed by atoms with Crippen LogP contribution >= 0.6 is 0 Å². The van der Waals surface area contributed by atoms with Crippen molar-refractivity contribution in [1.82, 2.24) is 10.2 Å². The molecule has 1 saturated heterocycles. The predicted octanol–water partition coefficient (Wildman–Crippen LogP) is 5.04. The van der Waals surface area contributed by atoms with Gasteiger partial charge < -0.3 is 15.5 Å². The van der Waals surface area contributed by atoms with Gasteiger partial charge >= 0.3 is 6.03 Å². The van der Waals surface area contributed by atoms with E-state index in [4.69, 9.17) is 0 Å². The second kappa shape index (κ2) is 7.53. The number of nitrogens with zero attached hydrogens (tertiary/aromatic N) is 1. The molecule has 3 aliphatic carbocycles. The third kappa shape index (κ3) is 3.27. The van der Waals surface area contributed by atoms with Crippen LogP contribution in [0.25, 0.3) is 0 Å². The van der Waals surface area contributed by atoms with Gasteiger partial charge in [0, 0.05) is 31.2 Å². The van der Waals surface area contributed by atoms with E-state index < -0.39 is 0 Å². The van der Waals surface area contributed by atoms with Gasteiger partial charge in [-0.25, -0.2) is 4.79 Å². The Morgan fingerprint density at radius 3 is 2.48 bits per heavy atom. The van der Waals surface area contributed by atoms with Crippen LogP contribution in [0.15, 0.2) is 30.3 Å². The highest BCUT2D eigenvalue weighted by molar-refractivity contribution is 5.89. The van der Waals surface area contributed by atoms with Crippen LogP contribution in [0.1, 0.15) is 65.2 Å². The molecule has 168 valence electrons. The third-order valence-corrected chi connectivity index (χ3v) is 9.89. The van der Waals surface area contributed by atoms with Gasteiger partial charge in [0.05, 0.1) is 0 Å². The van der Waals surface area contributed by atoms with Crippen molar-refractivity contribution in [2.75, 3.05) is 12.4 Å². The van der Waals surface area contributed by atoms with E-state index in [-0.39, 0.29) is 22.9 Å². The highest BCUT2D eigenvalue weighted by atomic mass is 16.2. The number of para-hydroxylation sites is 1. The number of likely N-dealkylation sites (tertiary alicyclic amines) is 1. The van der Waals surface area contributed by atoms with Crippen molar-refractivity contribution < 1.29 is 9.59 Å². The lowest BCUT2D eigenvalue weighted by Crippen LogP contribution is -2.62. The largest absolute Gasteiger partial charge is 0.342 e. The molecular formula is C26H37N3O2. The first kappa shape index (κ1) is 20.8. The Bertz CT molecular complexity index is 857. The van der Waals surface area contributed by atoms with Crippen LogP contribution in [0.4, 0.5) is 10.5 Å². The number of fused-ring (bicyclic) bond motifs is 5. The Labute approximate surface area is 186 Å². The molecule has 4 fully saturated rings. The number of urea groups is 1. The third-order valence-electron chi connectivity index (χ3n) is 9.89. The van der Waals surface area contributed by atoms with Crippen LogP contribution in [0.5, 0.6) is 0 Å². The van der Waals surface area contributed by atoms with E-state index in [2.05, 4.69) is 29.4 Å². The first-order valence-electron chi connectivity index (χ1n) is 12.2. The molecule has 2 unspecified atom stereocenters. The molecule has 3 amide bonds. The van der Waals surface area contributed by atoms with Gasteiger partial charge in [-0.3, -0.25) is 4.79 Å². The van der Waals surface area contributed by atoms with Crippen molar-refractivity contribution in [3.05, 3.63) is 30.3 Å². The standard InChI is InChI=1S/C26H37N3O2/c1-25-15-13-20-18(9-12-22-26(20,2)16-14-23(30)29(22)3)19(25)10-11-21(25)28-24(31)27-17-7-5-4-6-8-17/h4-8,18-22H,9-16H2,1-3H3,(H2,27,28,31)/t18-,19-,20+,21?,22?,25-,26+/m0/s1. The number of hydrogen-bond acceptors (Lipinski definition) is 2. The number of anilines is 1. The topological polar surface area (TPSA) is 61.4 Å². The van der Waals surface area contributed by atoms with Gasteiger partial charge in [-0.1, -0.05) is 32.0 Å². The van der Waals surface area contributed by atoms with Crippen molar-refractivity contribution in [1.29, 1.82) is 0 Å². The Balaban J connectivity index is 1.30. The van der Waals surface area contributed by atoms with Gasteiger partial charge in [0.25, 0.3) is 0 Å². The average molecular weight is 424 g/mol. The lowest BCUT2D eigenvalue weighted by atomic mass is 9.47. The van der Waals surface area contributed by atoms with Crippen LogP contribution in [0.2, 0.25) is 0 Å². The summed E-state index contributed by atoms with van der Waals surface area (Å²) in [5.74, 6) is 2.44. The van der Waals surface area contributed by atoms with Crippen LogP contribution in [-0.4, -0.2) is 36.0 Å². The molecule has 0 aromatic heterocycles. The predicted molar refractivity (Wildman–Crippen MR) is 123 cm³/mol. The van der Waals surface area contributed by atoms with E-state index >= 15 is 0 Å². The zero-order chi connectivity index (χ0) is 21.8. The lowest BCUT2D eigenvalue weighted by Gasteiger charge is -2.61. The number of carbonyl (C=O) groups excluding carboxylic acids is 2. The summed E-state index contributed by atoms with van der Waals surface area (Å²) >= 11 is 0. The minimum absolute atomic E-state index is 0.0803. The van der Waals surface area contributed by atoms with Crippen molar-refractivity contribution >= 4 is 17.6 Å². The average Bonchev–Trinajstić information content (AvgIpc) is 3.08. The molecule has 0 spiro atoms.